The maximum absolute atomic E-state index is 8.95. The Bertz CT molecular complexity index is 382. The van der Waals surface area contributed by atoms with Crippen LogP contribution in [0.3, 0.4) is 0 Å². The first-order chi connectivity index (χ1) is 7.86. The highest BCUT2D eigenvalue weighted by atomic mass is 32.1. The number of methoxy groups -OCH3 is 1. The van der Waals surface area contributed by atoms with Crippen molar-refractivity contribution in [1.82, 2.24) is 0 Å². The molecule has 0 aliphatic heterocycles. The van der Waals surface area contributed by atoms with Crippen molar-refractivity contribution < 1.29 is 9.53 Å². The average Bonchev–Trinajstić information content (AvgIpc) is 2.84. The number of rotatable bonds is 3. The zero-order valence-corrected chi connectivity index (χ0v) is 9.94. The highest BCUT2D eigenvalue weighted by Gasteiger charge is 1.94. The minimum absolute atomic E-state index is 0.375. The van der Waals surface area contributed by atoms with E-state index < -0.39 is 0 Å². The average molecular weight is 234 g/mol. The molecule has 1 heterocycles. The third-order valence-electron chi connectivity index (χ3n) is 1.90. The fraction of sp³-hybridized carbons (Fsp3) is 0.154. The second-order valence-corrected chi connectivity index (χ2v) is 4.11. The van der Waals surface area contributed by atoms with Crippen LogP contribution in [-0.4, -0.2) is 13.6 Å². The predicted octanol–water partition coefficient (Wildman–Crippen LogP) is 3.13. The summed E-state index contributed by atoms with van der Waals surface area (Å²) in [5, 5.41) is 2.12. The van der Waals surface area contributed by atoms with Crippen molar-refractivity contribution in [3.63, 3.8) is 0 Å². The summed E-state index contributed by atoms with van der Waals surface area (Å²) < 4.78 is 3.86. The second kappa shape index (κ2) is 7.65. The first-order valence-corrected chi connectivity index (χ1v) is 5.77. The van der Waals surface area contributed by atoms with Crippen molar-refractivity contribution in [2.45, 2.75) is 6.42 Å². The molecule has 3 heteroatoms. The maximum atomic E-state index is 8.95. The molecule has 0 aliphatic rings. The third-order valence-corrected chi connectivity index (χ3v) is 2.77. The van der Waals surface area contributed by atoms with Gasteiger partial charge in [-0.25, -0.2) is 0 Å². The van der Waals surface area contributed by atoms with Crippen LogP contribution >= 0.6 is 11.3 Å². The van der Waals surface area contributed by atoms with Gasteiger partial charge in [0.15, 0.2) is 0 Å². The van der Waals surface area contributed by atoms with Gasteiger partial charge in [-0.2, -0.15) is 0 Å². The van der Waals surface area contributed by atoms with Crippen LogP contribution in [0.25, 0.3) is 0 Å². The molecule has 2 aromatic rings. The molecule has 0 atom stereocenters. The Hall–Kier alpha value is -1.61. The van der Waals surface area contributed by atoms with E-state index in [1.54, 1.807) is 0 Å². The van der Waals surface area contributed by atoms with Crippen LogP contribution in [0.5, 0.6) is 0 Å². The van der Waals surface area contributed by atoms with E-state index in [1.807, 2.05) is 11.3 Å². The van der Waals surface area contributed by atoms with Gasteiger partial charge in [0, 0.05) is 11.3 Å². The SMILES string of the molecule is COC=O.c1ccc(Cc2cccs2)cc1. The highest BCUT2D eigenvalue weighted by Crippen LogP contribution is 2.13. The third kappa shape index (κ3) is 4.75. The fourth-order valence-corrected chi connectivity index (χ4v) is 1.95. The lowest BCUT2D eigenvalue weighted by atomic mass is 10.1. The summed E-state index contributed by atoms with van der Waals surface area (Å²) in [7, 11) is 1.31. The molecule has 0 saturated carbocycles. The molecule has 0 spiro atoms. The van der Waals surface area contributed by atoms with Gasteiger partial charge >= 0.3 is 0 Å². The van der Waals surface area contributed by atoms with Crippen LogP contribution in [0.1, 0.15) is 10.4 Å². The van der Waals surface area contributed by atoms with E-state index in [-0.39, 0.29) is 0 Å². The molecular formula is C13H14O2S. The number of hydrogen-bond acceptors (Lipinski definition) is 3. The number of thiophene rings is 1. The molecule has 0 radical (unpaired) electrons. The van der Waals surface area contributed by atoms with Gasteiger partial charge in [0.2, 0.25) is 0 Å². The molecule has 16 heavy (non-hydrogen) atoms. The van der Waals surface area contributed by atoms with E-state index in [2.05, 4.69) is 52.6 Å². The highest BCUT2D eigenvalue weighted by molar-refractivity contribution is 7.09. The molecule has 1 aromatic heterocycles. The Balaban J connectivity index is 0.000000280. The summed E-state index contributed by atoms with van der Waals surface area (Å²) >= 11 is 1.82. The summed E-state index contributed by atoms with van der Waals surface area (Å²) in [6, 6.07) is 14.8. The van der Waals surface area contributed by atoms with Crippen LogP contribution in [-0.2, 0) is 16.0 Å². The van der Waals surface area contributed by atoms with Crippen LogP contribution in [0, 0.1) is 0 Å². The van der Waals surface area contributed by atoms with Crippen LogP contribution in [0.4, 0.5) is 0 Å². The maximum Gasteiger partial charge on any atom is 0.292 e. The Morgan fingerprint density at radius 3 is 2.38 bits per heavy atom. The topological polar surface area (TPSA) is 26.3 Å². The number of benzene rings is 1. The van der Waals surface area contributed by atoms with Crippen molar-refractivity contribution in [2.24, 2.45) is 0 Å². The summed E-state index contributed by atoms with van der Waals surface area (Å²) in [5.41, 5.74) is 1.39. The zero-order valence-electron chi connectivity index (χ0n) is 9.13. The fourth-order valence-electron chi connectivity index (χ4n) is 1.21. The van der Waals surface area contributed by atoms with Gasteiger partial charge in [0.05, 0.1) is 7.11 Å². The molecule has 0 saturated heterocycles. The van der Waals surface area contributed by atoms with E-state index in [1.165, 1.54) is 17.6 Å². The molecule has 0 aliphatic carbocycles. The lowest BCUT2D eigenvalue weighted by Crippen LogP contribution is -1.81. The van der Waals surface area contributed by atoms with Crippen molar-refractivity contribution in [1.29, 1.82) is 0 Å². The smallest absolute Gasteiger partial charge is 0.292 e. The first kappa shape index (κ1) is 12.5. The molecule has 2 rings (SSSR count). The molecule has 0 amide bonds. The Morgan fingerprint density at radius 2 is 1.88 bits per heavy atom. The molecule has 1 aromatic carbocycles. The van der Waals surface area contributed by atoms with E-state index in [0.29, 0.717) is 6.47 Å². The zero-order chi connectivity index (χ0) is 11.6. The normalized spacial score (nSPS) is 8.81. The summed E-state index contributed by atoms with van der Waals surface area (Å²) in [4.78, 5) is 10.4. The second-order valence-electron chi connectivity index (χ2n) is 3.07. The number of carbonyl (C=O) groups is 1. The lowest BCUT2D eigenvalue weighted by Gasteiger charge is -1.96. The van der Waals surface area contributed by atoms with Crippen LogP contribution < -0.4 is 0 Å². The Labute approximate surface area is 99.5 Å². The number of ether oxygens (including phenoxy) is 1. The molecule has 0 fully saturated rings. The minimum Gasteiger partial charge on any atom is -0.471 e. The molecule has 2 nitrogen and oxygen atoms in total. The number of hydrogen-bond donors (Lipinski definition) is 0. The van der Waals surface area contributed by atoms with Crippen LogP contribution in [0.2, 0.25) is 0 Å². The summed E-state index contributed by atoms with van der Waals surface area (Å²) in [6.07, 6.45) is 1.07. The van der Waals surface area contributed by atoms with Crippen LogP contribution in [0.15, 0.2) is 47.8 Å². The summed E-state index contributed by atoms with van der Waals surface area (Å²) in [5.74, 6) is 0. The van der Waals surface area contributed by atoms with E-state index in [9.17, 15) is 0 Å². The Kier molecular flexibility index (Phi) is 5.96. The Morgan fingerprint density at radius 1 is 1.19 bits per heavy atom. The summed E-state index contributed by atoms with van der Waals surface area (Å²) in [6.45, 7) is 0.375. The van der Waals surface area contributed by atoms with Gasteiger partial charge < -0.3 is 4.74 Å². The molecule has 0 N–H and O–H groups in total. The minimum atomic E-state index is 0.375. The molecule has 0 unspecified atom stereocenters. The van der Waals surface area contributed by atoms with E-state index in [0.717, 1.165) is 6.42 Å². The first-order valence-electron chi connectivity index (χ1n) is 4.89. The van der Waals surface area contributed by atoms with E-state index >= 15 is 0 Å². The lowest BCUT2D eigenvalue weighted by molar-refractivity contribution is -0.126. The predicted molar refractivity (Wildman–Crippen MR) is 66.6 cm³/mol. The molecule has 84 valence electrons. The monoisotopic (exact) mass is 234 g/mol. The quantitative estimate of drug-likeness (QED) is 0.763. The van der Waals surface area contributed by atoms with Crippen molar-refractivity contribution in [3.8, 4) is 0 Å². The molecular weight excluding hydrogens is 220 g/mol. The van der Waals surface area contributed by atoms with Gasteiger partial charge in [0.1, 0.15) is 0 Å². The van der Waals surface area contributed by atoms with Gasteiger partial charge in [-0.15, -0.1) is 11.3 Å². The van der Waals surface area contributed by atoms with Gasteiger partial charge in [-0.1, -0.05) is 36.4 Å². The van der Waals surface area contributed by atoms with Crippen molar-refractivity contribution in [3.05, 3.63) is 58.3 Å². The van der Waals surface area contributed by atoms with Gasteiger partial charge in [-0.05, 0) is 17.0 Å². The number of carbonyl (C=O) groups excluding carboxylic acids is 1. The van der Waals surface area contributed by atoms with Crippen molar-refractivity contribution >= 4 is 17.8 Å². The standard InChI is InChI=1S/C11H10S.C2H4O2/c1-2-5-10(6-3-1)9-11-7-4-8-12-11;1-4-2-3/h1-8H,9H2;2H,1H3. The molecule has 0 bridgehead atoms. The van der Waals surface area contributed by atoms with Gasteiger partial charge in [0.25, 0.3) is 6.47 Å². The largest absolute Gasteiger partial charge is 0.471 e. The van der Waals surface area contributed by atoms with E-state index in [4.69, 9.17) is 4.79 Å². The van der Waals surface area contributed by atoms with Gasteiger partial charge in [-0.3, -0.25) is 4.79 Å². The van der Waals surface area contributed by atoms with Crippen molar-refractivity contribution in [2.75, 3.05) is 7.11 Å².